The van der Waals surface area contributed by atoms with Gasteiger partial charge in [-0.05, 0) is 67.8 Å². The number of imidazole rings is 1. The number of nitrogens with zero attached hydrogens (tertiary/aromatic N) is 2. The van der Waals surface area contributed by atoms with Crippen LogP contribution >= 0.6 is 43.2 Å². The Kier molecular flexibility index (Phi) is 4.50. The monoisotopic (exact) mass is 494 g/mol. The van der Waals surface area contributed by atoms with Gasteiger partial charge in [-0.15, -0.1) is 0 Å². The molecule has 0 fully saturated rings. The van der Waals surface area contributed by atoms with Crippen molar-refractivity contribution in [3.63, 3.8) is 0 Å². The molecule has 2 heterocycles. The third kappa shape index (κ3) is 2.82. The second-order valence-electron chi connectivity index (χ2n) is 5.52. The average molecular weight is 496 g/mol. The van der Waals surface area contributed by atoms with Gasteiger partial charge in [-0.3, -0.25) is 4.79 Å². The topological polar surface area (TPSA) is 52.8 Å². The predicted molar refractivity (Wildman–Crippen MR) is 111 cm³/mol. The van der Waals surface area contributed by atoms with E-state index >= 15 is 0 Å². The zero-order chi connectivity index (χ0) is 18.4. The largest absolute Gasteiger partial charge is 0.493 e. The lowest BCUT2D eigenvalue weighted by Gasteiger charge is -2.07. The van der Waals surface area contributed by atoms with Crippen molar-refractivity contribution in [2.45, 2.75) is 0 Å². The highest BCUT2D eigenvalue weighted by Crippen LogP contribution is 2.29. The fourth-order valence-electron chi connectivity index (χ4n) is 2.75. The normalized spacial score (nSPS) is 12.2. The van der Waals surface area contributed by atoms with E-state index in [0.29, 0.717) is 21.0 Å². The summed E-state index contributed by atoms with van der Waals surface area (Å²) in [5, 5.41) is 0. The molecule has 0 bridgehead atoms. The van der Waals surface area contributed by atoms with Crippen molar-refractivity contribution in [1.82, 2.24) is 9.38 Å². The molecule has 5 nitrogen and oxygen atoms in total. The summed E-state index contributed by atoms with van der Waals surface area (Å²) in [5.74, 6) is 1.27. The number of thiazole rings is 1. The van der Waals surface area contributed by atoms with Crippen LogP contribution in [0.3, 0.4) is 0 Å². The maximum absolute atomic E-state index is 12.9. The van der Waals surface area contributed by atoms with Crippen LogP contribution < -0.4 is 19.6 Å². The first-order valence-corrected chi connectivity index (χ1v) is 9.96. The van der Waals surface area contributed by atoms with E-state index in [1.165, 1.54) is 11.3 Å². The lowest BCUT2D eigenvalue weighted by atomic mass is 10.2. The molecule has 0 aliphatic rings. The van der Waals surface area contributed by atoms with Crippen LogP contribution in [0.15, 0.2) is 44.1 Å². The lowest BCUT2D eigenvalue weighted by Crippen LogP contribution is -2.22. The number of aromatic nitrogens is 2. The van der Waals surface area contributed by atoms with Gasteiger partial charge in [0.25, 0.3) is 5.56 Å². The van der Waals surface area contributed by atoms with Crippen molar-refractivity contribution in [2.75, 3.05) is 14.2 Å². The molecule has 0 radical (unpaired) electrons. The Labute approximate surface area is 169 Å². The molecular formula is C18H12Br2N2O3S. The van der Waals surface area contributed by atoms with Crippen LogP contribution in [0.1, 0.15) is 5.56 Å². The molecule has 0 N–H and O–H groups in total. The van der Waals surface area contributed by atoms with E-state index in [-0.39, 0.29) is 5.56 Å². The number of hydrogen-bond donors (Lipinski definition) is 0. The summed E-state index contributed by atoms with van der Waals surface area (Å²) in [7, 11) is 3.18. The SMILES string of the molecule is COc1ccc(/C=c2\sc3nc4cc(Br)c(Br)cc4n3c2=O)cc1OC. The Morgan fingerprint density at radius 1 is 1.08 bits per heavy atom. The minimum Gasteiger partial charge on any atom is -0.493 e. The zero-order valence-electron chi connectivity index (χ0n) is 13.7. The zero-order valence-corrected chi connectivity index (χ0v) is 17.7. The molecule has 0 saturated carbocycles. The number of benzene rings is 2. The minimum atomic E-state index is -0.0866. The third-order valence-corrected chi connectivity index (χ3v) is 6.80. The predicted octanol–water partition coefficient (Wildman–Crippen LogP) is 4.00. The summed E-state index contributed by atoms with van der Waals surface area (Å²) in [5.41, 5.74) is 2.33. The first-order chi connectivity index (χ1) is 12.5. The van der Waals surface area contributed by atoms with Crippen LogP contribution in [0.2, 0.25) is 0 Å². The molecule has 0 aliphatic heterocycles. The van der Waals surface area contributed by atoms with Crippen molar-refractivity contribution in [1.29, 1.82) is 0 Å². The van der Waals surface area contributed by atoms with Gasteiger partial charge in [0.2, 0.25) is 0 Å². The Balaban J connectivity index is 1.93. The lowest BCUT2D eigenvalue weighted by molar-refractivity contribution is 0.355. The van der Waals surface area contributed by atoms with E-state index in [0.717, 1.165) is 25.5 Å². The van der Waals surface area contributed by atoms with Crippen LogP contribution in [0, 0.1) is 0 Å². The Morgan fingerprint density at radius 3 is 2.54 bits per heavy atom. The van der Waals surface area contributed by atoms with Crippen molar-refractivity contribution in [2.24, 2.45) is 0 Å². The molecule has 2 aromatic carbocycles. The minimum absolute atomic E-state index is 0.0866. The molecule has 8 heteroatoms. The summed E-state index contributed by atoms with van der Waals surface area (Å²) in [6.45, 7) is 0. The highest BCUT2D eigenvalue weighted by molar-refractivity contribution is 9.13. The van der Waals surface area contributed by atoms with Crippen LogP contribution in [0.25, 0.3) is 22.1 Å². The summed E-state index contributed by atoms with van der Waals surface area (Å²) in [6.07, 6.45) is 1.84. The third-order valence-electron chi connectivity index (χ3n) is 3.99. The molecule has 132 valence electrons. The van der Waals surface area contributed by atoms with Gasteiger partial charge in [-0.1, -0.05) is 17.4 Å². The Morgan fingerprint density at radius 2 is 1.81 bits per heavy atom. The van der Waals surface area contributed by atoms with Gasteiger partial charge in [0.15, 0.2) is 16.5 Å². The molecule has 0 saturated heterocycles. The van der Waals surface area contributed by atoms with Crippen molar-refractivity contribution < 1.29 is 9.47 Å². The second kappa shape index (κ2) is 6.68. The van der Waals surface area contributed by atoms with Crippen LogP contribution in [0.4, 0.5) is 0 Å². The fraction of sp³-hybridized carbons (Fsp3) is 0.111. The van der Waals surface area contributed by atoms with Crippen LogP contribution in [0.5, 0.6) is 11.5 Å². The van der Waals surface area contributed by atoms with Crippen LogP contribution in [-0.4, -0.2) is 23.6 Å². The molecule has 0 unspecified atom stereocenters. The van der Waals surface area contributed by atoms with Gasteiger partial charge >= 0.3 is 0 Å². The average Bonchev–Trinajstić information content (AvgIpc) is 3.12. The Hall–Kier alpha value is -1.90. The van der Waals surface area contributed by atoms with Gasteiger partial charge in [0, 0.05) is 8.95 Å². The summed E-state index contributed by atoms with van der Waals surface area (Å²) in [6, 6.07) is 9.34. The molecule has 26 heavy (non-hydrogen) atoms. The maximum Gasteiger partial charge on any atom is 0.274 e. The van der Waals surface area contributed by atoms with Crippen molar-refractivity contribution in [3.05, 3.63) is 59.7 Å². The number of ether oxygens (including phenoxy) is 2. The molecule has 2 aromatic heterocycles. The van der Waals surface area contributed by atoms with Crippen LogP contribution in [-0.2, 0) is 0 Å². The molecule has 4 rings (SSSR count). The van der Waals surface area contributed by atoms with Crippen molar-refractivity contribution >= 4 is 65.3 Å². The van der Waals surface area contributed by atoms with E-state index in [9.17, 15) is 4.79 Å². The van der Waals surface area contributed by atoms with Gasteiger partial charge < -0.3 is 9.47 Å². The smallest absolute Gasteiger partial charge is 0.274 e. The van der Waals surface area contributed by atoms with E-state index in [1.807, 2.05) is 36.4 Å². The maximum atomic E-state index is 12.9. The Bertz CT molecular complexity index is 1260. The first kappa shape index (κ1) is 17.5. The standard InChI is InChI=1S/C18H12Br2N2O3S/c1-24-14-4-3-9(5-15(14)25-2)6-16-17(23)22-13-8-11(20)10(19)7-12(13)21-18(22)26-16/h3-8H,1-2H3/b16-6-. The molecule has 0 spiro atoms. The number of halogens is 2. The second-order valence-corrected chi connectivity index (χ2v) is 8.23. The van der Waals surface area contributed by atoms with E-state index in [2.05, 4.69) is 36.8 Å². The summed E-state index contributed by atoms with van der Waals surface area (Å²) in [4.78, 5) is 18.1. The highest BCUT2D eigenvalue weighted by atomic mass is 79.9. The van der Waals surface area contributed by atoms with Gasteiger partial charge in [0.05, 0.1) is 29.8 Å². The molecule has 0 aliphatic carbocycles. The molecular weight excluding hydrogens is 484 g/mol. The molecule has 4 aromatic rings. The fourth-order valence-corrected chi connectivity index (χ4v) is 4.40. The van der Waals surface area contributed by atoms with Gasteiger partial charge in [-0.2, -0.15) is 0 Å². The summed E-state index contributed by atoms with van der Waals surface area (Å²) >= 11 is 8.31. The summed E-state index contributed by atoms with van der Waals surface area (Å²) < 4.78 is 14.6. The number of fused-ring (bicyclic) bond motifs is 3. The van der Waals surface area contributed by atoms with Gasteiger partial charge in [0.1, 0.15) is 0 Å². The molecule has 0 atom stereocenters. The number of hydrogen-bond acceptors (Lipinski definition) is 5. The molecule has 0 amide bonds. The van der Waals surface area contributed by atoms with E-state index < -0.39 is 0 Å². The van der Waals surface area contributed by atoms with E-state index in [1.54, 1.807) is 18.6 Å². The van der Waals surface area contributed by atoms with Crippen molar-refractivity contribution in [3.8, 4) is 11.5 Å². The first-order valence-electron chi connectivity index (χ1n) is 7.55. The highest BCUT2D eigenvalue weighted by Gasteiger charge is 2.13. The number of rotatable bonds is 3. The van der Waals surface area contributed by atoms with Gasteiger partial charge in [-0.25, -0.2) is 9.38 Å². The quantitative estimate of drug-likeness (QED) is 0.431. The van der Waals surface area contributed by atoms with E-state index in [4.69, 9.17) is 9.47 Å². The number of methoxy groups -OCH3 is 2.